The molecule has 0 aromatic heterocycles. The Morgan fingerprint density at radius 3 is 2.61 bits per heavy atom. The molecule has 2 rings (SSSR count). The van der Waals surface area contributed by atoms with Gasteiger partial charge in [0.15, 0.2) is 0 Å². The van der Waals surface area contributed by atoms with E-state index in [4.69, 9.17) is 9.47 Å². The topological polar surface area (TPSA) is 30.8 Å². The number of nitrogens with zero attached hydrogens (tertiary/aromatic N) is 1. The standard InChI is InChI=1S/C15H21NO2/c1-4-9-17-13-7-5-12(6-8-13)15-16-14(10-18-15)11(2)3/h5-8,11,14H,4,9-10H2,1-3H3/t14-/m1/s1. The van der Waals surface area contributed by atoms with E-state index in [2.05, 4.69) is 25.8 Å². The molecule has 1 aliphatic heterocycles. The highest BCUT2D eigenvalue weighted by Crippen LogP contribution is 2.19. The lowest BCUT2D eigenvalue weighted by atomic mass is 10.1. The average Bonchev–Trinajstić information content (AvgIpc) is 2.87. The van der Waals surface area contributed by atoms with E-state index in [9.17, 15) is 0 Å². The van der Waals surface area contributed by atoms with E-state index in [1.54, 1.807) is 0 Å². The summed E-state index contributed by atoms with van der Waals surface area (Å²) in [5, 5.41) is 0. The Morgan fingerprint density at radius 1 is 1.33 bits per heavy atom. The first-order valence-corrected chi connectivity index (χ1v) is 6.64. The maximum atomic E-state index is 5.64. The van der Waals surface area contributed by atoms with Gasteiger partial charge in [-0.3, -0.25) is 0 Å². The van der Waals surface area contributed by atoms with Crippen LogP contribution in [0, 0.1) is 5.92 Å². The zero-order valence-electron chi connectivity index (χ0n) is 11.3. The third kappa shape index (κ3) is 3.03. The molecule has 0 fully saturated rings. The fraction of sp³-hybridized carbons (Fsp3) is 0.533. The van der Waals surface area contributed by atoms with Crippen molar-refractivity contribution in [2.24, 2.45) is 10.9 Å². The molecule has 1 aromatic carbocycles. The molecule has 1 heterocycles. The molecule has 1 aromatic rings. The van der Waals surface area contributed by atoms with Crippen LogP contribution in [0.2, 0.25) is 0 Å². The summed E-state index contributed by atoms with van der Waals surface area (Å²) in [5.74, 6) is 2.19. The van der Waals surface area contributed by atoms with Crippen molar-refractivity contribution in [2.45, 2.75) is 33.2 Å². The van der Waals surface area contributed by atoms with Crippen LogP contribution in [0.1, 0.15) is 32.8 Å². The van der Waals surface area contributed by atoms with E-state index in [1.807, 2.05) is 24.3 Å². The smallest absolute Gasteiger partial charge is 0.216 e. The van der Waals surface area contributed by atoms with Crippen LogP contribution in [-0.4, -0.2) is 25.2 Å². The predicted molar refractivity (Wildman–Crippen MR) is 73.3 cm³/mol. The molecule has 0 saturated carbocycles. The molecule has 0 radical (unpaired) electrons. The monoisotopic (exact) mass is 247 g/mol. The molecule has 0 spiro atoms. The molecule has 0 unspecified atom stereocenters. The van der Waals surface area contributed by atoms with Gasteiger partial charge in [0.2, 0.25) is 5.90 Å². The average molecular weight is 247 g/mol. The van der Waals surface area contributed by atoms with E-state index < -0.39 is 0 Å². The van der Waals surface area contributed by atoms with Gasteiger partial charge in [-0.25, -0.2) is 4.99 Å². The summed E-state index contributed by atoms with van der Waals surface area (Å²) in [6.07, 6.45) is 1.02. The van der Waals surface area contributed by atoms with Gasteiger partial charge >= 0.3 is 0 Å². The van der Waals surface area contributed by atoms with Crippen LogP contribution in [0.5, 0.6) is 5.75 Å². The van der Waals surface area contributed by atoms with Gasteiger partial charge in [0.1, 0.15) is 12.4 Å². The summed E-state index contributed by atoms with van der Waals surface area (Å²) in [6, 6.07) is 8.24. The summed E-state index contributed by atoms with van der Waals surface area (Å²) < 4.78 is 11.2. The lowest BCUT2D eigenvalue weighted by Crippen LogP contribution is -2.13. The largest absolute Gasteiger partial charge is 0.494 e. The maximum Gasteiger partial charge on any atom is 0.216 e. The second-order valence-corrected chi connectivity index (χ2v) is 4.93. The van der Waals surface area contributed by atoms with Gasteiger partial charge in [0.05, 0.1) is 12.6 Å². The van der Waals surface area contributed by atoms with Gasteiger partial charge in [-0.1, -0.05) is 20.8 Å². The molecule has 1 aliphatic rings. The van der Waals surface area contributed by atoms with Crippen molar-refractivity contribution in [1.29, 1.82) is 0 Å². The van der Waals surface area contributed by atoms with Crippen molar-refractivity contribution in [3.63, 3.8) is 0 Å². The summed E-state index contributed by atoms with van der Waals surface area (Å²) in [5.41, 5.74) is 1.03. The first kappa shape index (κ1) is 12.9. The van der Waals surface area contributed by atoms with Crippen molar-refractivity contribution in [2.75, 3.05) is 13.2 Å². The fourth-order valence-corrected chi connectivity index (χ4v) is 1.80. The van der Waals surface area contributed by atoms with Crippen molar-refractivity contribution >= 4 is 5.90 Å². The number of aliphatic imine (C=N–C) groups is 1. The highest BCUT2D eigenvalue weighted by Gasteiger charge is 2.22. The van der Waals surface area contributed by atoms with Crippen molar-refractivity contribution in [1.82, 2.24) is 0 Å². The summed E-state index contributed by atoms with van der Waals surface area (Å²) in [4.78, 5) is 4.60. The highest BCUT2D eigenvalue weighted by molar-refractivity contribution is 5.95. The summed E-state index contributed by atoms with van der Waals surface area (Å²) in [6.45, 7) is 7.89. The quantitative estimate of drug-likeness (QED) is 0.799. The number of hydrogen-bond acceptors (Lipinski definition) is 3. The van der Waals surface area contributed by atoms with Gasteiger partial charge < -0.3 is 9.47 Å². The zero-order chi connectivity index (χ0) is 13.0. The number of benzene rings is 1. The highest BCUT2D eigenvalue weighted by atomic mass is 16.5. The summed E-state index contributed by atoms with van der Waals surface area (Å²) in [7, 11) is 0. The van der Waals surface area contributed by atoms with Crippen LogP contribution in [0.3, 0.4) is 0 Å². The van der Waals surface area contributed by atoms with Crippen LogP contribution in [0.4, 0.5) is 0 Å². The number of ether oxygens (including phenoxy) is 2. The third-order valence-corrected chi connectivity index (χ3v) is 3.02. The van der Waals surface area contributed by atoms with Crippen LogP contribution >= 0.6 is 0 Å². The van der Waals surface area contributed by atoms with E-state index in [-0.39, 0.29) is 6.04 Å². The summed E-state index contributed by atoms with van der Waals surface area (Å²) >= 11 is 0. The van der Waals surface area contributed by atoms with Gasteiger partial charge in [-0.2, -0.15) is 0 Å². The second-order valence-electron chi connectivity index (χ2n) is 4.93. The maximum absolute atomic E-state index is 5.64. The van der Waals surface area contributed by atoms with E-state index in [0.29, 0.717) is 12.5 Å². The molecule has 98 valence electrons. The minimum absolute atomic E-state index is 0.288. The normalized spacial score (nSPS) is 18.7. The van der Waals surface area contributed by atoms with Crippen LogP contribution in [0.15, 0.2) is 29.3 Å². The number of rotatable bonds is 5. The number of hydrogen-bond donors (Lipinski definition) is 0. The second kappa shape index (κ2) is 5.89. The Balaban J connectivity index is 2.04. The van der Waals surface area contributed by atoms with Gasteiger partial charge in [0.25, 0.3) is 0 Å². The fourth-order valence-electron chi connectivity index (χ4n) is 1.80. The van der Waals surface area contributed by atoms with Crippen molar-refractivity contribution in [3.05, 3.63) is 29.8 Å². The first-order valence-electron chi connectivity index (χ1n) is 6.64. The van der Waals surface area contributed by atoms with Gasteiger partial charge in [-0.15, -0.1) is 0 Å². The lowest BCUT2D eigenvalue weighted by Gasteiger charge is -2.06. The molecule has 18 heavy (non-hydrogen) atoms. The first-order chi connectivity index (χ1) is 8.70. The SMILES string of the molecule is CCCOc1ccc(C2=N[C@@H](C(C)C)CO2)cc1. The molecule has 1 atom stereocenters. The van der Waals surface area contributed by atoms with Crippen molar-refractivity contribution < 1.29 is 9.47 Å². The Morgan fingerprint density at radius 2 is 2.06 bits per heavy atom. The van der Waals surface area contributed by atoms with Crippen LogP contribution < -0.4 is 4.74 Å². The lowest BCUT2D eigenvalue weighted by molar-refractivity contribution is 0.291. The van der Waals surface area contributed by atoms with E-state index in [0.717, 1.165) is 30.2 Å². The molecular weight excluding hydrogens is 226 g/mol. The Hall–Kier alpha value is -1.51. The minimum Gasteiger partial charge on any atom is -0.494 e. The Kier molecular flexibility index (Phi) is 4.24. The third-order valence-electron chi connectivity index (χ3n) is 3.02. The molecule has 3 nitrogen and oxygen atoms in total. The zero-order valence-corrected chi connectivity index (χ0v) is 11.3. The molecule has 0 N–H and O–H groups in total. The van der Waals surface area contributed by atoms with Gasteiger partial charge in [-0.05, 0) is 36.6 Å². The molecule has 0 bridgehead atoms. The van der Waals surface area contributed by atoms with E-state index >= 15 is 0 Å². The van der Waals surface area contributed by atoms with Crippen LogP contribution in [-0.2, 0) is 4.74 Å². The minimum atomic E-state index is 0.288. The van der Waals surface area contributed by atoms with E-state index in [1.165, 1.54) is 0 Å². The molecule has 0 saturated heterocycles. The molecule has 3 heteroatoms. The molecular formula is C15H21NO2. The van der Waals surface area contributed by atoms with Crippen LogP contribution in [0.25, 0.3) is 0 Å². The molecule has 0 aliphatic carbocycles. The van der Waals surface area contributed by atoms with Gasteiger partial charge in [0, 0.05) is 5.56 Å². The Labute approximate surface area is 109 Å². The Bertz CT molecular complexity index is 409. The molecule has 0 amide bonds. The van der Waals surface area contributed by atoms with Crippen molar-refractivity contribution in [3.8, 4) is 5.75 Å². The predicted octanol–water partition coefficient (Wildman–Crippen LogP) is 3.28.